The number of likely N-dealkylation sites (tertiary alicyclic amines) is 1. The van der Waals surface area contributed by atoms with Gasteiger partial charge in [0.15, 0.2) is 0 Å². The molecule has 1 heterocycles. The Labute approximate surface area is 167 Å². The third-order valence-electron chi connectivity index (χ3n) is 5.20. The van der Waals surface area contributed by atoms with Crippen LogP contribution < -0.4 is 0 Å². The zero-order chi connectivity index (χ0) is 20.3. The molecule has 28 heavy (non-hydrogen) atoms. The van der Waals surface area contributed by atoms with Gasteiger partial charge in [-0.15, -0.1) is 0 Å². The highest BCUT2D eigenvalue weighted by atomic mass is 16.6. The number of benzene rings is 1. The molecule has 0 spiro atoms. The molecule has 0 bridgehead atoms. The zero-order valence-corrected chi connectivity index (χ0v) is 17.0. The molecule has 1 aromatic rings. The van der Waals surface area contributed by atoms with Crippen LogP contribution in [0.2, 0.25) is 0 Å². The van der Waals surface area contributed by atoms with Crippen LogP contribution in [0.1, 0.15) is 57.6 Å². The summed E-state index contributed by atoms with van der Waals surface area (Å²) in [6.45, 7) is 7.27. The second-order valence-electron chi connectivity index (χ2n) is 8.75. The van der Waals surface area contributed by atoms with Crippen molar-refractivity contribution in [3.63, 3.8) is 0 Å². The van der Waals surface area contributed by atoms with Crippen LogP contribution in [-0.4, -0.2) is 46.5 Å². The summed E-state index contributed by atoms with van der Waals surface area (Å²) in [7, 11) is 0. The molecule has 1 aliphatic carbocycles. The molecular formula is C22H29N3O3. The Morgan fingerprint density at radius 2 is 1.75 bits per heavy atom. The van der Waals surface area contributed by atoms with Crippen molar-refractivity contribution >= 4 is 12.0 Å². The van der Waals surface area contributed by atoms with Crippen molar-refractivity contribution in [3.05, 3.63) is 35.4 Å². The molecule has 0 aromatic heterocycles. The number of rotatable bonds is 4. The van der Waals surface area contributed by atoms with Gasteiger partial charge < -0.3 is 14.5 Å². The van der Waals surface area contributed by atoms with E-state index >= 15 is 0 Å². The monoisotopic (exact) mass is 383 g/mol. The van der Waals surface area contributed by atoms with Gasteiger partial charge >= 0.3 is 6.09 Å². The Morgan fingerprint density at radius 3 is 2.25 bits per heavy atom. The highest BCUT2D eigenvalue weighted by Gasteiger charge is 2.37. The Hall–Kier alpha value is -2.55. The van der Waals surface area contributed by atoms with Gasteiger partial charge in [0.1, 0.15) is 5.60 Å². The Kier molecular flexibility index (Phi) is 5.93. The van der Waals surface area contributed by atoms with Crippen molar-refractivity contribution in [1.82, 2.24) is 9.80 Å². The molecule has 150 valence electrons. The lowest BCUT2D eigenvalue weighted by molar-refractivity contribution is -0.138. The van der Waals surface area contributed by atoms with Gasteiger partial charge in [-0.25, -0.2) is 4.79 Å². The first kappa shape index (κ1) is 20.2. The highest BCUT2D eigenvalue weighted by Crippen LogP contribution is 2.32. The van der Waals surface area contributed by atoms with Gasteiger partial charge in [-0.1, -0.05) is 12.1 Å². The lowest BCUT2D eigenvalue weighted by atomic mass is 9.95. The molecule has 2 aliphatic rings. The molecule has 2 amide bonds. The van der Waals surface area contributed by atoms with E-state index in [4.69, 9.17) is 10.00 Å². The predicted molar refractivity (Wildman–Crippen MR) is 105 cm³/mol. The first-order valence-corrected chi connectivity index (χ1v) is 10.0. The van der Waals surface area contributed by atoms with Crippen LogP contribution in [0.15, 0.2) is 24.3 Å². The normalized spacial score (nSPS) is 17.7. The van der Waals surface area contributed by atoms with E-state index < -0.39 is 5.60 Å². The van der Waals surface area contributed by atoms with Gasteiger partial charge in [-0.3, -0.25) is 4.79 Å². The standard InChI is InChI=1S/C22H29N3O3/c1-22(2,3)28-21(27)24-12-10-18(11-13-24)20(26)25(19-8-9-19)15-17-6-4-16(14-23)5-7-17/h4-7,18-19H,8-13,15H2,1-3H3. The summed E-state index contributed by atoms with van der Waals surface area (Å²) < 4.78 is 5.44. The van der Waals surface area contributed by atoms with E-state index in [0.717, 1.165) is 18.4 Å². The van der Waals surface area contributed by atoms with Crippen LogP contribution in [-0.2, 0) is 16.1 Å². The van der Waals surface area contributed by atoms with Crippen molar-refractivity contribution in [2.45, 2.75) is 64.6 Å². The van der Waals surface area contributed by atoms with Gasteiger partial charge in [0, 0.05) is 31.6 Å². The second kappa shape index (κ2) is 8.22. The number of amides is 2. The Bertz CT molecular complexity index is 749. The molecule has 1 aliphatic heterocycles. The van der Waals surface area contributed by atoms with Crippen LogP contribution in [0, 0.1) is 17.2 Å². The van der Waals surface area contributed by atoms with Gasteiger partial charge in [0.05, 0.1) is 11.6 Å². The summed E-state index contributed by atoms with van der Waals surface area (Å²) in [4.78, 5) is 29.1. The Morgan fingerprint density at radius 1 is 1.14 bits per heavy atom. The van der Waals surface area contributed by atoms with E-state index in [-0.39, 0.29) is 17.9 Å². The maximum Gasteiger partial charge on any atom is 0.410 e. The van der Waals surface area contributed by atoms with Gasteiger partial charge in [-0.05, 0) is 64.2 Å². The van der Waals surface area contributed by atoms with Gasteiger partial charge in [0.25, 0.3) is 0 Å². The minimum atomic E-state index is -0.506. The number of hydrogen-bond donors (Lipinski definition) is 0. The smallest absolute Gasteiger partial charge is 0.410 e. The van der Waals surface area contributed by atoms with E-state index in [1.54, 1.807) is 17.0 Å². The van der Waals surface area contributed by atoms with Crippen LogP contribution in [0.3, 0.4) is 0 Å². The minimum absolute atomic E-state index is 0.0438. The molecule has 0 unspecified atom stereocenters. The zero-order valence-electron chi connectivity index (χ0n) is 17.0. The number of carbonyl (C=O) groups is 2. The summed E-state index contributed by atoms with van der Waals surface area (Å²) in [6, 6.07) is 9.88. The fourth-order valence-corrected chi connectivity index (χ4v) is 3.52. The second-order valence-corrected chi connectivity index (χ2v) is 8.75. The summed E-state index contributed by atoms with van der Waals surface area (Å²) >= 11 is 0. The summed E-state index contributed by atoms with van der Waals surface area (Å²) in [5.41, 5.74) is 1.17. The summed E-state index contributed by atoms with van der Waals surface area (Å²) in [6.07, 6.45) is 3.16. The number of piperidine rings is 1. The minimum Gasteiger partial charge on any atom is -0.444 e. The van der Waals surface area contributed by atoms with Crippen molar-refractivity contribution < 1.29 is 14.3 Å². The predicted octanol–water partition coefficient (Wildman–Crippen LogP) is 3.70. The molecule has 6 heteroatoms. The maximum absolute atomic E-state index is 13.2. The summed E-state index contributed by atoms with van der Waals surface area (Å²) in [5.74, 6) is 0.147. The van der Waals surface area contributed by atoms with Gasteiger partial charge in [-0.2, -0.15) is 5.26 Å². The molecule has 1 aromatic carbocycles. The largest absolute Gasteiger partial charge is 0.444 e. The molecule has 6 nitrogen and oxygen atoms in total. The molecule has 2 fully saturated rings. The number of hydrogen-bond acceptors (Lipinski definition) is 4. The highest BCUT2D eigenvalue weighted by molar-refractivity contribution is 5.80. The van der Waals surface area contributed by atoms with E-state index in [9.17, 15) is 9.59 Å². The number of nitrogens with zero attached hydrogens (tertiary/aromatic N) is 3. The average molecular weight is 383 g/mol. The van der Waals surface area contributed by atoms with Crippen molar-refractivity contribution in [2.75, 3.05) is 13.1 Å². The molecule has 0 radical (unpaired) electrons. The van der Waals surface area contributed by atoms with Crippen molar-refractivity contribution in [2.24, 2.45) is 5.92 Å². The molecule has 1 saturated heterocycles. The maximum atomic E-state index is 13.2. The SMILES string of the molecule is CC(C)(C)OC(=O)N1CCC(C(=O)N(Cc2ccc(C#N)cc2)C2CC2)CC1. The third kappa shape index (κ3) is 5.25. The van der Waals surface area contributed by atoms with E-state index in [2.05, 4.69) is 6.07 Å². The quantitative estimate of drug-likeness (QED) is 0.795. The first-order valence-electron chi connectivity index (χ1n) is 10.0. The van der Waals surface area contributed by atoms with Crippen LogP contribution >= 0.6 is 0 Å². The average Bonchev–Trinajstić information content (AvgIpc) is 3.50. The first-order chi connectivity index (χ1) is 13.3. The van der Waals surface area contributed by atoms with Crippen molar-refractivity contribution in [1.29, 1.82) is 5.26 Å². The molecule has 3 rings (SSSR count). The molecule has 0 atom stereocenters. The topological polar surface area (TPSA) is 73.6 Å². The fourth-order valence-electron chi connectivity index (χ4n) is 3.52. The summed E-state index contributed by atoms with van der Waals surface area (Å²) in [5, 5.41) is 8.94. The van der Waals surface area contributed by atoms with E-state index in [1.807, 2.05) is 37.8 Å². The Balaban J connectivity index is 1.57. The third-order valence-corrected chi connectivity index (χ3v) is 5.20. The van der Waals surface area contributed by atoms with Gasteiger partial charge in [0.2, 0.25) is 5.91 Å². The van der Waals surface area contributed by atoms with Crippen LogP contribution in [0.4, 0.5) is 4.79 Å². The number of ether oxygens (including phenoxy) is 1. The fraction of sp³-hybridized carbons (Fsp3) is 0.591. The number of carbonyl (C=O) groups excluding carboxylic acids is 2. The molecule has 1 saturated carbocycles. The van der Waals surface area contributed by atoms with Crippen molar-refractivity contribution in [3.8, 4) is 6.07 Å². The lowest BCUT2D eigenvalue weighted by Crippen LogP contribution is -2.46. The molecule has 0 N–H and O–H groups in total. The number of nitriles is 1. The lowest BCUT2D eigenvalue weighted by Gasteiger charge is -2.35. The van der Waals surface area contributed by atoms with E-state index in [1.165, 1.54) is 0 Å². The van der Waals surface area contributed by atoms with E-state index in [0.29, 0.717) is 44.1 Å². The van der Waals surface area contributed by atoms with Crippen LogP contribution in [0.25, 0.3) is 0 Å². The molecular weight excluding hydrogens is 354 g/mol. The van der Waals surface area contributed by atoms with Crippen LogP contribution in [0.5, 0.6) is 0 Å².